The van der Waals surface area contributed by atoms with Gasteiger partial charge in [0.2, 0.25) is 5.75 Å². The van der Waals surface area contributed by atoms with Gasteiger partial charge in [0.25, 0.3) is 0 Å². The van der Waals surface area contributed by atoms with Crippen molar-refractivity contribution in [2.75, 3.05) is 19.1 Å². The van der Waals surface area contributed by atoms with E-state index in [0.29, 0.717) is 17.9 Å². The molecule has 0 fully saturated rings. The zero-order chi connectivity index (χ0) is 18.8. The van der Waals surface area contributed by atoms with Crippen LogP contribution in [0.3, 0.4) is 0 Å². The lowest BCUT2D eigenvalue weighted by atomic mass is 10.2. The molecule has 0 heterocycles. The minimum atomic E-state index is -0.473. The molecule has 138 valence electrons. The Bertz CT molecular complexity index is 748. The molecular weight excluding hydrogens is 334 g/mol. The molecule has 0 atom stereocenters. The van der Waals surface area contributed by atoms with Gasteiger partial charge in [-0.3, -0.25) is 15.5 Å². The lowest BCUT2D eigenvalue weighted by Crippen LogP contribution is -2.04. The fourth-order valence-electron chi connectivity index (χ4n) is 2.34. The number of nitro groups is 1. The van der Waals surface area contributed by atoms with E-state index in [1.54, 1.807) is 6.07 Å². The van der Waals surface area contributed by atoms with Crippen molar-refractivity contribution in [2.45, 2.75) is 26.2 Å². The summed E-state index contributed by atoms with van der Waals surface area (Å²) in [5.74, 6) is 0.471. The van der Waals surface area contributed by atoms with Crippen LogP contribution in [0.15, 0.2) is 47.6 Å². The number of hydrogen-bond acceptors (Lipinski definition) is 6. The molecule has 0 amide bonds. The third-order valence-corrected chi connectivity index (χ3v) is 3.65. The smallest absolute Gasteiger partial charge is 0.315 e. The molecule has 7 heteroatoms. The number of ether oxygens (including phenoxy) is 2. The number of hydrogen-bond donors (Lipinski definition) is 1. The zero-order valence-corrected chi connectivity index (χ0v) is 15.0. The first-order valence-electron chi connectivity index (χ1n) is 8.49. The maximum atomic E-state index is 11.4. The van der Waals surface area contributed by atoms with Crippen molar-refractivity contribution >= 4 is 17.6 Å². The van der Waals surface area contributed by atoms with E-state index in [4.69, 9.17) is 9.47 Å². The Labute approximate surface area is 152 Å². The molecule has 0 aromatic heterocycles. The molecule has 0 saturated carbocycles. The van der Waals surface area contributed by atoms with Crippen molar-refractivity contribution in [2.24, 2.45) is 5.10 Å². The van der Waals surface area contributed by atoms with Crippen molar-refractivity contribution in [1.82, 2.24) is 0 Å². The molecule has 0 bridgehead atoms. The number of methoxy groups -OCH3 is 1. The second-order valence-corrected chi connectivity index (χ2v) is 5.62. The Morgan fingerprint density at radius 2 is 2.00 bits per heavy atom. The van der Waals surface area contributed by atoms with E-state index in [1.165, 1.54) is 19.4 Å². The molecule has 2 aromatic rings. The first-order valence-corrected chi connectivity index (χ1v) is 8.49. The number of nitrogens with zero attached hydrogens (tertiary/aromatic N) is 2. The van der Waals surface area contributed by atoms with E-state index in [-0.39, 0.29) is 11.4 Å². The van der Waals surface area contributed by atoms with Crippen LogP contribution in [0.4, 0.5) is 11.4 Å². The average molecular weight is 357 g/mol. The molecule has 0 saturated heterocycles. The molecule has 7 nitrogen and oxygen atoms in total. The molecule has 2 rings (SSSR count). The molecular formula is C19H23N3O4. The predicted octanol–water partition coefficient (Wildman–Crippen LogP) is 4.62. The van der Waals surface area contributed by atoms with E-state index >= 15 is 0 Å². The summed E-state index contributed by atoms with van der Waals surface area (Å²) in [5.41, 5.74) is 4.09. The maximum Gasteiger partial charge on any atom is 0.315 e. The highest BCUT2D eigenvalue weighted by Gasteiger charge is 2.22. The summed E-state index contributed by atoms with van der Waals surface area (Å²) in [6.45, 7) is 2.49. The van der Waals surface area contributed by atoms with Crippen molar-refractivity contribution in [3.8, 4) is 11.5 Å². The minimum absolute atomic E-state index is 0.137. The topological polar surface area (TPSA) is 86.0 Å². The lowest BCUT2D eigenvalue weighted by molar-refractivity contribution is -0.386. The zero-order valence-electron chi connectivity index (χ0n) is 15.0. The highest BCUT2D eigenvalue weighted by atomic mass is 16.6. The van der Waals surface area contributed by atoms with Gasteiger partial charge >= 0.3 is 5.69 Å². The third kappa shape index (κ3) is 5.47. The molecule has 0 aliphatic rings. The molecule has 0 aliphatic carbocycles. The van der Waals surface area contributed by atoms with Gasteiger partial charge in [0.15, 0.2) is 5.75 Å². The minimum Gasteiger partial charge on any atom is -0.493 e. The molecule has 0 unspecified atom stereocenters. The largest absolute Gasteiger partial charge is 0.493 e. The van der Waals surface area contributed by atoms with Gasteiger partial charge in [0.1, 0.15) is 0 Å². The molecule has 0 aliphatic heterocycles. The average Bonchev–Trinajstić information content (AvgIpc) is 2.66. The normalized spacial score (nSPS) is 10.7. The van der Waals surface area contributed by atoms with E-state index in [2.05, 4.69) is 17.5 Å². The van der Waals surface area contributed by atoms with Crippen LogP contribution in [-0.2, 0) is 0 Å². The van der Waals surface area contributed by atoms with Gasteiger partial charge in [-0.15, -0.1) is 0 Å². The Hall–Kier alpha value is -3.09. The Balaban J connectivity index is 2.19. The summed E-state index contributed by atoms with van der Waals surface area (Å²) < 4.78 is 10.9. The summed E-state index contributed by atoms with van der Waals surface area (Å²) in [6, 6.07) is 12.5. The Morgan fingerprint density at radius 3 is 2.65 bits per heavy atom. The summed E-state index contributed by atoms with van der Waals surface area (Å²) in [6.07, 6.45) is 4.39. The highest BCUT2D eigenvalue weighted by molar-refractivity contribution is 5.83. The SMILES string of the molecule is CCCCCOc1c(OC)cc(/C=N/Nc2ccccc2)cc1[N+](=O)[O-]. The van der Waals surface area contributed by atoms with Crippen LogP contribution in [0, 0.1) is 10.1 Å². The molecule has 26 heavy (non-hydrogen) atoms. The fraction of sp³-hybridized carbons (Fsp3) is 0.316. The predicted molar refractivity (Wildman–Crippen MR) is 102 cm³/mol. The van der Waals surface area contributed by atoms with Crippen molar-refractivity contribution in [3.63, 3.8) is 0 Å². The van der Waals surface area contributed by atoms with Crippen LogP contribution in [0.1, 0.15) is 31.7 Å². The molecule has 0 radical (unpaired) electrons. The number of benzene rings is 2. The van der Waals surface area contributed by atoms with Gasteiger partial charge in [-0.05, 0) is 24.6 Å². The van der Waals surface area contributed by atoms with Crippen molar-refractivity contribution in [1.29, 1.82) is 0 Å². The molecule has 0 spiro atoms. The maximum absolute atomic E-state index is 11.4. The van der Waals surface area contributed by atoms with Crippen LogP contribution < -0.4 is 14.9 Å². The number of anilines is 1. The van der Waals surface area contributed by atoms with E-state index in [1.807, 2.05) is 30.3 Å². The van der Waals surface area contributed by atoms with Gasteiger partial charge in [0.05, 0.1) is 30.5 Å². The van der Waals surface area contributed by atoms with Crippen LogP contribution in [0.25, 0.3) is 0 Å². The van der Waals surface area contributed by atoms with Gasteiger partial charge in [-0.1, -0.05) is 38.0 Å². The van der Waals surface area contributed by atoms with Crippen molar-refractivity contribution < 1.29 is 14.4 Å². The van der Waals surface area contributed by atoms with Crippen LogP contribution >= 0.6 is 0 Å². The summed E-state index contributed by atoms with van der Waals surface area (Å²) in [5, 5.41) is 15.5. The number of nitro benzene ring substituents is 1. The monoisotopic (exact) mass is 357 g/mol. The van der Waals surface area contributed by atoms with Crippen molar-refractivity contribution in [3.05, 3.63) is 58.1 Å². The van der Waals surface area contributed by atoms with Gasteiger partial charge in [0, 0.05) is 11.6 Å². The summed E-state index contributed by atoms with van der Waals surface area (Å²) in [7, 11) is 1.46. The summed E-state index contributed by atoms with van der Waals surface area (Å²) >= 11 is 0. The summed E-state index contributed by atoms with van der Waals surface area (Å²) in [4.78, 5) is 11.0. The third-order valence-electron chi connectivity index (χ3n) is 3.65. The first-order chi connectivity index (χ1) is 12.7. The second-order valence-electron chi connectivity index (χ2n) is 5.62. The second kappa shape index (κ2) is 10.0. The lowest BCUT2D eigenvalue weighted by Gasteiger charge is -2.11. The van der Waals surface area contributed by atoms with E-state index in [0.717, 1.165) is 24.9 Å². The highest BCUT2D eigenvalue weighted by Crippen LogP contribution is 2.38. The van der Waals surface area contributed by atoms with Gasteiger partial charge in [-0.2, -0.15) is 5.10 Å². The number of hydrazone groups is 1. The van der Waals surface area contributed by atoms with Crippen LogP contribution in [0.5, 0.6) is 11.5 Å². The van der Waals surface area contributed by atoms with Crippen LogP contribution in [-0.4, -0.2) is 24.9 Å². The Kier molecular flexibility index (Phi) is 7.42. The van der Waals surface area contributed by atoms with Crippen LogP contribution in [0.2, 0.25) is 0 Å². The quantitative estimate of drug-likeness (QED) is 0.290. The number of nitrogens with one attached hydrogen (secondary N) is 1. The first kappa shape index (κ1) is 19.2. The van der Waals surface area contributed by atoms with Gasteiger partial charge in [-0.25, -0.2) is 0 Å². The number of rotatable bonds is 10. The Morgan fingerprint density at radius 1 is 1.23 bits per heavy atom. The molecule has 2 aromatic carbocycles. The standard InChI is InChI=1S/C19H23N3O4/c1-3-4-8-11-26-19-17(22(23)24)12-15(13-18(19)25-2)14-20-21-16-9-6-5-7-10-16/h5-7,9-10,12-14,21H,3-4,8,11H2,1-2H3/b20-14+. The van der Waals surface area contributed by atoms with E-state index < -0.39 is 4.92 Å². The fourth-order valence-corrected chi connectivity index (χ4v) is 2.34. The number of para-hydroxylation sites is 1. The number of unbranched alkanes of at least 4 members (excludes halogenated alkanes) is 2. The van der Waals surface area contributed by atoms with E-state index in [9.17, 15) is 10.1 Å². The molecule has 1 N–H and O–H groups in total. The van der Waals surface area contributed by atoms with Gasteiger partial charge < -0.3 is 9.47 Å².